The minimum Gasteiger partial charge on any atom is -0.475 e. The maximum Gasteiger partial charge on any atom is 0.490 e. The average Bonchev–Trinajstić information content (AvgIpc) is 3.30. The van der Waals surface area contributed by atoms with E-state index in [-0.39, 0.29) is 18.2 Å². The molecular weight excluding hydrogens is 409 g/mol. The molecule has 2 aliphatic heterocycles. The second kappa shape index (κ2) is 7.97. The van der Waals surface area contributed by atoms with Gasteiger partial charge < -0.3 is 10.0 Å². The van der Waals surface area contributed by atoms with Gasteiger partial charge in [0.1, 0.15) is 6.04 Å². The molecule has 30 heavy (non-hydrogen) atoms. The van der Waals surface area contributed by atoms with Crippen LogP contribution in [-0.4, -0.2) is 56.1 Å². The van der Waals surface area contributed by atoms with Crippen LogP contribution >= 0.6 is 0 Å². The van der Waals surface area contributed by atoms with E-state index in [0.29, 0.717) is 18.5 Å². The first-order valence-corrected chi connectivity index (χ1v) is 8.65. The number of aromatic amines is 1. The summed E-state index contributed by atoms with van der Waals surface area (Å²) in [6, 6.07) is 4.94. The molecule has 3 N–H and O–H groups in total. The Labute approximate surface area is 166 Å². The summed E-state index contributed by atoms with van der Waals surface area (Å²) in [7, 11) is 0. The van der Waals surface area contributed by atoms with Crippen molar-refractivity contribution in [3.05, 3.63) is 41.7 Å². The van der Waals surface area contributed by atoms with Gasteiger partial charge in [0.15, 0.2) is 0 Å². The molecule has 0 saturated carbocycles. The number of hydrogen-bond donors (Lipinski definition) is 3. The Morgan fingerprint density at radius 1 is 1.20 bits per heavy atom. The lowest BCUT2D eigenvalue weighted by Gasteiger charge is -2.29. The molecule has 2 aromatic rings. The Morgan fingerprint density at radius 3 is 2.43 bits per heavy atom. The molecule has 2 aliphatic rings. The predicted molar refractivity (Wildman–Crippen MR) is 93.8 cm³/mol. The molecule has 12 heteroatoms. The second-order valence-corrected chi connectivity index (χ2v) is 6.52. The van der Waals surface area contributed by atoms with E-state index in [1.54, 1.807) is 23.4 Å². The number of H-pyrrole nitrogens is 1. The molecule has 0 spiro atoms. The lowest BCUT2D eigenvalue weighted by molar-refractivity contribution is -0.192. The van der Waals surface area contributed by atoms with Crippen LogP contribution in [0.5, 0.6) is 0 Å². The summed E-state index contributed by atoms with van der Waals surface area (Å²) < 4.78 is 31.7. The molecule has 158 valence electrons. The highest BCUT2D eigenvalue weighted by atomic mass is 19.4. The van der Waals surface area contributed by atoms with Crippen molar-refractivity contribution in [3.8, 4) is 11.1 Å². The van der Waals surface area contributed by atoms with Gasteiger partial charge in [0.2, 0.25) is 11.8 Å². The van der Waals surface area contributed by atoms with Crippen LogP contribution in [0.4, 0.5) is 13.2 Å². The Hall–Kier alpha value is -3.70. The summed E-state index contributed by atoms with van der Waals surface area (Å²) in [4.78, 5) is 46.5. The summed E-state index contributed by atoms with van der Waals surface area (Å²) in [6.07, 6.45) is -0.986. The third-order valence-electron chi connectivity index (χ3n) is 4.63. The molecule has 3 heterocycles. The SMILES string of the molecule is O=C(O)C(F)(F)F.O=C1CCC(N2Cc3c(cccc3-c3cn[nH]c3)C2=O)C(=O)N1. The number of carboxylic acids is 1. The number of nitrogens with one attached hydrogen (secondary N) is 2. The lowest BCUT2D eigenvalue weighted by atomic mass is 9.99. The number of hydrogen-bond acceptors (Lipinski definition) is 5. The second-order valence-electron chi connectivity index (χ2n) is 6.52. The minimum absolute atomic E-state index is 0.167. The van der Waals surface area contributed by atoms with Crippen molar-refractivity contribution in [2.45, 2.75) is 31.6 Å². The van der Waals surface area contributed by atoms with Crippen LogP contribution in [0.25, 0.3) is 11.1 Å². The Kier molecular flexibility index (Phi) is 5.58. The molecule has 4 rings (SSSR count). The van der Waals surface area contributed by atoms with E-state index in [9.17, 15) is 27.6 Å². The topological polar surface area (TPSA) is 132 Å². The highest BCUT2D eigenvalue weighted by Crippen LogP contribution is 2.34. The van der Waals surface area contributed by atoms with E-state index in [0.717, 1.165) is 16.7 Å². The van der Waals surface area contributed by atoms with Gasteiger partial charge in [-0.25, -0.2) is 4.79 Å². The fourth-order valence-electron chi connectivity index (χ4n) is 3.25. The van der Waals surface area contributed by atoms with Crippen LogP contribution < -0.4 is 5.32 Å². The predicted octanol–water partition coefficient (Wildman–Crippen LogP) is 1.47. The number of rotatable bonds is 2. The fraction of sp³-hybridized carbons (Fsp3) is 0.278. The highest BCUT2D eigenvalue weighted by Gasteiger charge is 2.40. The maximum absolute atomic E-state index is 12.7. The molecule has 9 nitrogen and oxygen atoms in total. The number of halogens is 3. The third kappa shape index (κ3) is 4.16. The number of amides is 3. The standard InChI is InChI=1S/C16H14N4O3.C2HF3O2/c21-14-5-4-13(15(22)19-14)20-8-12-10(9-6-17-18-7-9)2-1-3-11(12)16(20)23;3-2(4,5)1(6)7/h1-3,6-7,13H,4-5,8H2,(H,17,18)(H,19,21,22);(H,6,7). The van der Waals surface area contributed by atoms with E-state index in [2.05, 4.69) is 15.5 Å². The molecule has 1 unspecified atom stereocenters. The molecule has 1 aromatic heterocycles. The van der Waals surface area contributed by atoms with E-state index >= 15 is 0 Å². The van der Waals surface area contributed by atoms with Crippen molar-refractivity contribution in [1.82, 2.24) is 20.4 Å². The molecular formula is C18H15F3N4O5. The van der Waals surface area contributed by atoms with Crippen LogP contribution in [0.15, 0.2) is 30.6 Å². The van der Waals surface area contributed by atoms with Gasteiger partial charge in [-0.2, -0.15) is 18.3 Å². The Morgan fingerprint density at radius 2 is 1.87 bits per heavy atom. The zero-order chi connectivity index (χ0) is 22.1. The largest absolute Gasteiger partial charge is 0.490 e. The number of aliphatic carboxylic acids is 1. The van der Waals surface area contributed by atoms with E-state index < -0.39 is 24.1 Å². The summed E-state index contributed by atoms with van der Waals surface area (Å²) in [5.41, 5.74) is 3.33. The molecule has 1 aromatic carbocycles. The molecule has 1 saturated heterocycles. The number of imide groups is 1. The molecule has 0 aliphatic carbocycles. The maximum atomic E-state index is 12.7. The first-order chi connectivity index (χ1) is 14.1. The van der Waals surface area contributed by atoms with Gasteiger partial charge in [-0.1, -0.05) is 12.1 Å². The number of carbonyl (C=O) groups excluding carboxylic acids is 3. The van der Waals surface area contributed by atoms with Gasteiger partial charge >= 0.3 is 12.1 Å². The van der Waals surface area contributed by atoms with E-state index in [1.807, 2.05) is 12.1 Å². The number of nitrogens with zero attached hydrogens (tertiary/aromatic N) is 2. The van der Waals surface area contributed by atoms with Crippen molar-refractivity contribution in [1.29, 1.82) is 0 Å². The van der Waals surface area contributed by atoms with Gasteiger partial charge in [0.05, 0.1) is 6.20 Å². The zero-order valence-electron chi connectivity index (χ0n) is 15.2. The number of fused-ring (bicyclic) bond motifs is 1. The first-order valence-electron chi connectivity index (χ1n) is 8.65. The molecule has 0 bridgehead atoms. The summed E-state index contributed by atoms with van der Waals surface area (Å²) in [5, 5.41) is 16.1. The van der Waals surface area contributed by atoms with Crippen molar-refractivity contribution in [2.75, 3.05) is 0 Å². The van der Waals surface area contributed by atoms with Gasteiger partial charge in [-0.05, 0) is 23.6 Å². The van der Waals surface area contributed by atoms with Crippen LogP contribution in [0.1, 0.15) is 28.8 Å². The van der Waals surface area contributed by atoms with Gasteiger partial charge in [0.25, 0.3) is 5.91 Å². The third-order valence-corrected chi connectivity index (χ3v) is 4.63. The number of aromatic nitrogens is 2. The van der Waals surface area contributed by atoms with Crippen LogP contribution in [0, 0.1) is 0 Å². The molecule has 3 amide bonds. The van der Waals surface area contributed by atoms with Gasteiger partial charge in [-0.3, -0.25) is 24.8 Å². The van der Waals surface area contributed by atoms with Crippen LogP contribution in [-0.2, 0) is 20.9 Å². The number of alkyl halides is 3. The van der Waals surface area contributed by atoms with Gasteiger partial charge in [0, 0.05) is 30.3 Å². The Bertz CT molecular complexity index is 1000. The Balaban J connectivity index is 0.000000318. The van der Waals surface area contributed by atoms with E-state index in [1.165, 1.54) is 0 Å². The number of piperidine rings is 1. The van der Waals surface area contributed by atoms with Crippen molar-refractivity contribution < 1.29 is 37.5 Å². The van der Waals surface area contributed by atoms with E-state index in [4.69, 9.17) is 9.90 Å². The van der Waals surface area contributed by atoms with Gasteiger partial charge in [-0.15, -0.1) is 0 Å². The molecule has 1 fully saturated rings. The number of benzene rings is 1. The van der Waals surface area contributed by atoms with Crippen molar-refractivity contribution >= 4 is 23.7 Å². The van der Waals surface area contributed by atoms with Crippen LogP contribution in [0.3, 0.4) is 0 Å². The average molecular weight is 424 g/mol. The summed E-state index contributed by atoms with van der Waals surface area (Å²) in [6.45, 7) is 0.363. The van der Waals surface area contributed by atoms with Crippen molar-refractivity contribution in [3.63, 3.8) is 0 Å². The number of carboxylic acid groups (broad SMARTS) is 1. The smallest absolute Gasteiger partial charge is 0.475 e. The quantitative estimate of drug-likeness (QED) is 0.626. The minimum atomic E-state index is -5.08. The molecule has 0 radical (unpaired) electrons. The monoisotopic (exact) mass is 424 g/mol. The number of carbonyl (C=O) groups is 4. The van der Waals surface area contributed by atoms with Crippen molar-refractivity contribution in [2.24, 2.45) is 0 Å². The summed E-state index contributed by atoms with van der Waals surface area (Å²) >= 11 is 0. The van der Waals surface area contributed by atoms with Crippen LogP contribution in [0.2, 0.25) is 0 Å². The highest BCUT2D eigenvalue weighted by molar-refractivity contribution is 6.06. The zero-order valence-corrected chi connectivity index (χ0v) is 15.2. The fourth-order valence-corrected chi connectivity index (χ4v) is 3.25. The lowest BCUT2D eigenvalue weighted by Crippen LogP contribution is -2.52. The normalized spacial score (nSPS) is 18.4. The summed E-state index contributed by atoms with van der Waals surface area (Å²) in [5.74, 6) is -3.60. The first kappa shape index (κ1) is 21.0. The molecule has 1 atom stereocenters.